The van der Waals surface area contributed by atoms with Gasteiger partial charge < -0.3 is 15.5 Å². The number of nitrogens with zero attached hydrogens (tertiary/aromatic N) is 1. The molecule has 2 amide bonds. The molecule has 0 aliphatic rings. The molecule has 0 bridgehead atoms. The lowest BCUT2D eigenvalue weighted by Crippen LogP contribution is -2.40. The molecule has 0 radical (unpaired) electrons. The smallest absolute Gasteiger partial charge is 0.244 e. The zero-order chi connectivity index (χ0) is 19.1. The summed E-state index contributed by atoms with van der Waals surface area (Å²) in [5, 5.41) is 6.48. The van der Waals surface area contributed by atoms with Crippen LogP contribution in [0.25, 0.3) is 0 Å². The van der Waals surface area contributed by atoms with Gasteiger partial charge in [0.2, 0.25) is 11.8 Å². The molecular formula is C19H21Cl2N3O2. The van der Waals surface area contributed by atoms with Crippen molar-refractivity contribution in [3.05, 3.63) is 64.1 Å². The van der Waals surface area contributed by atoms with Crippen LogP contribution >= 0.6 is 23.2 Å². The number of carbonyl (C=O) groups is 2. The first-order chi connectivity index (χ1) is 12.4. The lowest BCUT2D eigenvalue weighted by atomic mass is 10.1. The number of amides is 2. The summed E-state index contributed by atoms with van der Waals surface area (Å²) in [6, 6.07) is 14.8. The number of carbonyl (C=O) groups excluding carboxylic acids is 2. The summed E-state index contributed by atoms with van der Waals surface area (Å²) >= 11 is 12.1. The molecule has 0 fully saturated rings. The average Bonchev–Trinajstić information content (AvgIpc) is 2.63. The predicted octanol–water partition coefficient (Wildman–Crippen LogP) is 3.74. The van der Waals surface area contributed by atoms with Gasteiger partial charge in [0.05, 0.1) is 28.8 Å². The normalized spacial score (nSPS) is 11.7. The van der Waals surface area contributed by atoms with Gasteiger partial charge in [-0.15, -0.1) is 0 Å². The molecule has 26 heavy (non-hydrogen) atoms. The van der Waals surface area contributed by atoms with E-state index in [-0.39, 0.29) is 30.9 Å². The van der Waals surface area contributed by atoms with Crippen LogP contribution in [0.3, 0.4) is 0 Å². The maximum absolute atomic E-state index is 12.2. The highest BCUT2D eigenvalue weighted by Crippen LogP contribution is 2.29. The standard InChI is InChI=1S/C19H21Cl2N3O2/c1-13(14-7-4-3-5-8-14)22-11-18(26)24(2)12-17(25)23-19-15(20)9-6-10-16(19)21/h3-10,13,22H,11-12H2,1-2H3,(H,23,25)/t13-/m1/s1. The van der Waals surface area contributed by atoms with Gasteiger partial charge in [0.25, 0.3) is 0 Å². The third kappa shape index (κ3) is 5.73. The third-order valence-electron chi connectivity index (χ3n) is 3.89. The van der Waals surface area contributed by atoms with Crippen molar-refractivity contribution in [2.75, 3.05) is 25.5 Å². The third-order valence-corrected chi connectivity index (χ3v) is 4.52. The van der Waals surface area contributed by atoms with Crippen LogP contribution in [-0.2, 0) is 9.59 Å². The summed E-state index contributed by atoms with van der Waals surface area (Å²) in [5.41, 5.74) is 1.44. The van der Waals surface area contributed by atoms with Crippen molar-refractivity contribution in [2.24, 2.45) is 0 Å². The monoisotopic (exact) mass is 393 g/mol. The van der Waals surface area contributed by atoms with Crippen LogP contribution in [0.5, 0.6) is 0 Å². The van der Waals surface area contributed by atoms with E-state index in [0.717, 1.165) is 5.56 Å². The Bertz CT molecular complexity index is 748. The van der Waals surface area contributed by atoms with E-state index in [4.69, 9.17) is 23.2 Å². The van der Waals surface area contributed by atoms with E-state index >= 15 is 0 Å². The molecule has 7 heteroatoms. The lowest BCUT2D eigenvalue weighted by molar-refractivity contribution is -0.132. The molecule has 2 N–H and O–H groups in total. The number of hydrogen-bond acceptors (Lipinski definition) is 3. The summed E-state index contributed by atoms with van der Waals surface area (Å²) in [7, 11) is 1.57. The molecule has 5 nitrogen and oxygen atoms in total. The molecule has 2 aromatic carbocycles. The van der Waals surface area contributed by atoms with Gasteiger partial charge in [0.1, 0.15) is 0 Å². The van der Waals surface area contributed by atoms with Gasteiger partial charge in [-0.1, -0.05) is 59.6 Å². The van der Waals surface area contributed by atoms with Crippen molar-refractivity contribution in [3.8, 4) is 0 Å². The molecule has 0 heterocycles. The van der Waals surface area contributed by atoms with Gasteiger partial charge in [-0.05, 0) is 24.6 Å². The molecule has 0 unspecified atom stereocenters. The van der Waals surface area contributed by atoms with E-state index in [1.165, 1.54) is 4.90 Å². The molecule has 0 aromatic heterocycles. The Kier molecular flexibility index (Phi) is 7.45. The zero-order valence-electron chi connectivity index (χ0n) is 14.6. The Balaban J connectivity index is 1.83. The van der Waals surface area contributed by atoms with E-state index in [9.17, 15) is 9.59 Å². The largest absolute Gasteiger partial charge is 0.335 e. The minimum Gasteiger partial charge on any atom is -0.335 e. The van der Waals surface area contributed by atoms with Crippen molar-refractivity contribution in [1.82, 2.24) is 10.2 Å². The predicted molar refractivity (Wildman–Crippen MR) is 106 cm³/mol. The number of halogens is 2. The highest BCUT2D eigenvalue weighted by Gasteiger charge is 2.16. The minimum atomic E-state index is -0.369. The Morgan fingerprint density at radius 1 is 1.04 bits per heavy atom. The number of anilines is 1. The van der Waals surface area contributed by atoms with E-state index in [1.54, 1.807) is 25.2 Å². The molecule has 0 spiro atoms. The Morgan fingerprint density at radius 3 is 2.27 bits per heavy atom. The quantitative estimate of drug-likeness (QED) is 0.752. The van der Waals surface area contributed by atoms with Crippen LogP contribution in [0.2, 0.25) is 10.0 Å². The average molecular weight is 394 g/mol. The Morgan fingerprint density at radius 2 is 1.65 bits per heavy atom. The SMILES string of the molecule is C[C@@H](NCC(=O)N(C)CC(=O)Nc1c(Cl)cccc1Cl)c1ccccc1. The molecule has 2 rings (SSSR count). The Hall–Kier alpha value is -2.08. The molecule has 138 valence electrons. The maximum Gasteiger partial charge on any atom is 0.244 e. The molecule has 0 saturated carbocycles. The maximum atomic E-state index is 12.2. The number of hydrogen-bond donors (Lipinski definition) is 2. The van der Waals surface area contributed by atoms with Crippen LogP contribution in [0.4, 0.5) is 5.69 Å². The molecule has 0 aliphatic heterocycles. The van der Waals surface area contributed by atoms with Crippen molar-refractivity contribution >= 4 is 40.7 Å². The summed E-state index contributed by atoms with van der Waals surface area (Å²) in [6.45, 7) is 2.02. The van der Waals surface area contributed by atoms with E-state index in [0.29, 0.717) is 15.7 Å². The number of benzene rings is 2. The summed E-state index contributed by atoms with van der Waals surface area (Å²) in [5.74, 6) is -0.555. The first-order valence-corrected chi connectivity index (χ1v) is 8.90. The van der Waals surface area contributed by atoms with Crippen molar-refractivity contribution in [1.29, 1.82) is 0 Å². The van der Waals surface area contributed by atoms with Crippen molar-refractivity contribution in [3.63, 3.8) is 0 Å². The fourth-order valence-electron chi connectivity index (χ4n) is 2.33. The second-order valence-corrected chi connectivity index (χ2v) is 6.72. The number of likely N-dealkylation sites (N-methyl/N-ethyl adjacent to an activating group) is 1. The van der Waals surface area contributed by atoms with Gasteiger partial charge in [-0.2, -0.15) is 0 Å². The van der Waals surface area contributed by atoms with E-state index in [1.807, 2.05) is 37.3 Å². The fourth-order valence-corrected chi connectivity index (χ4v) is 2.83. The first kappa shape index (κ1) is 20.2. The number of para-hydroxylation sites is 1. The number of nitrogens with one attached hydrogen (secondary N) is 2. The van der Waals surface area contributed by atoms with Crippen LogP contribution in [0, 0.1) is 0 Å². The van der Waals surface area contributed by atoms with Gasteiger partial charge in [0, 0.05) is 13.1 Å². The van der Waals surface area contributed by atoms with Crippen LogP contribution in [0.15, 0.2) is 48.5 Å². The highest BCUT2D eigenvalue weighted by atomic mass is 35.5. The highest BCUT2D eigenvalue weighted by molar-refractivity contribution is 6.39. The van der Waals surface area contributed by atoms with Crippen LogP contribution in [0.1, 0.15) is 18.5 Å². The zero-order valence-corrected chi connectivity index (χ0v) is 16.1. The van der Waals surface area contributed by atoms with Gasteiger partial charge >= 0.3 is 0 Å². The first-order valence-electron chi connectivity index (χ1n) is 8.14. The van der Waals surface area contributed by atoms with Crippen molar-refractivity contribution < 1.29 is 9.59 Å². The summed E-state index contributed by atoms with van der Waals surface area (Å²) < 4.78 is 0. The van der Waals surface area contributed by atoms with Gasteiger partial charge in [-0.3, -0.25) is 9.59 Å². The lowest BCUT2D eigenvalue weighted by Gasteiger charge is -2.20. The van der Waals surface area contributed by atoms with Gasteiger partial charge in [-0.25, -0.2) is 0 Å². The summed E-state index contributed by atoms with van der Waals surface area (Å²) in [4.78, 5) is 25.7. The second kappa shape index (κ2) is 9.57. The Labute approximate surface area is 163 Å². The minimum absolute atomic E-state index is 0.0318. The topological polar surface area (TPSA) is 61.4 Å². The number of rotatable bonds is 7. The molecule has 0 aliphatic carbocycles. The summed E-state index contributed by atoms with van der Waals surface area (Å²) in [6.07, 6.45) is 0. The van der Waals surface area contributed by atoms with E-state index < -0.39 is 0 Å². The molecular weight excluding hydrogens is 373 g/mol. The van der Waals surface area contributed by atoms with Crippen molar-refractivity contribution in [2.45, 2.75) is 13.0 Å². The van der Waals surface area contributed by atoms with Crippen LogP contribution in [-0.4, -0.2) is 36.9 Å². The van der Waals surface area contributed by atoms with Crippen LogP contribution < -0.4 is 10.6 Å². The fraction of sp³-hybridized carbons (Fsp3) is 0.263. The molecule has 1 atom stereocenters. The second-order valence-electron chi connectivity index (χ2n) is 5.91. The molecule has 2 aromatic rings. The van der Waals surface area contributed by atoms with Gasteiger partial charge in [0.15, 0.2) is 0 Å². The van der Waals surface area contributed by atoms with E-state index in [2.05, 4.69) is 10.6 Å². The molecule has 0 saturated heterocycles.